The predicted molar refractivity (Wildman–Crippen MR) is 63.2 cm³/mol. The van der Waals surface area contributed by atoms with Crippen LogP contribution in [0.1, 0.15) is 11.7 Å². The Morgan fingerprint density at radius 2 is 2.29 bits per heavy atom. The first-order valence-electron chi connectivity index (χ1n) is 5.37. The molecule has 0 aliphatic carbocycles. The molecule has 5 nitrogen and oxygen atoms in total. The van der Waals surface area contributed by atoms with Gasteiger partial charge in [0.1, 0.15) is 25.0 Å². The van der Waals surface area contributed by atoms with Gasteiger partial charge in [-0.1, -0.05) is 11.6 Å². The fraction of sp³-hybridized carbons (Fsp3) is 0.400. The van der Waals surface area contributed by atoms with Crippen molar-refractivity contribution in [2.45, 2.75) is 6.10 Å². The second-order valence-electron chi connectivity index (χ2n) is 3.71. The Morgan fingerprint density at radius 3 is 2.94 bits per heavy atom. The van der Waals surface area contributed by atoms with Gasteiger partial charge in [-0.2, -0.15) is 0 Å². The molecule has 2 rings (SSSR count). The smallest absolute Gasteiger partial charge is 0.492 e. The number of quaternary nitrogens is 1. The first kappa shape index (κ1) is 12.7. The number of hydrogen-bond donors (Lipinski definition) is 3. The maximum atomic E-state index is 9.84. The van der Waals surface area contributed by atoms with Crippen molar-refractivity contribution in [3.05, 3.63) is 22.7 Å². The Balaban J connectivity index is 2.42. The molecule has 1 unspecified atom stereocenters. The van der Waals surface area contributed by atoms with Crippen molar-refractivity contribution in [2.24, 2.45) is 0 Å². The van der Waals surface area contributed by atoms with Gasteiger partial charge in [0.15, 0.2) is 0 Å². The molecule has 1 aromatic rings. The number of ether oxygens (including phenoxy) is 1. The van der Waals surface area contributed by atoms with Crippen molar-refractivity contribution in [1.29, 1.82) is 0 Å². The average molecular weight is 258 g/mol. The van der Waals surface area contributed by atoms with Gasteiger partial charge in [0, 0.05) is 16.0 Å². The maximum absolute atomic E-state index is 9.84. The van der Waals surface area contributed by atoms with Crippen LogP contribution < -0.4 is 15.9 Å². The Bertz CT molecular complexity index is 418. The molecule has 17 heavy (non-hydrogen) atoms. The summed E-state index contributed by atoms with van der Waals surface area (Å²) < 4.78 is 10.7. The molecule has 0 spiro atoms. The molecule has 5 N–H and O–H groups in total. The zero-order chi connectivity index (χ0) is 12.4. The summed E-state index contributed by atoms with van der Waals surface area (Å²) in [6.07, 6.45) is -0.315. The van der Waals surface area contributed by atoms with Crippen LogP contribution in [0.2, 0.25) is 5.02 Å². The summed E-state index contributed by atoms with van der Waals surface area (Å²) in [5.41, 5.74) is 5.03. The zero-order valence-corrected chi connectivity index (χ0v) is 9.98. The van der Waals surface area contributed by atoms with Crippen LogP contribution >= 0.6 is 11.6 Å². The summed E-state index contributed by atoms with van der Waals surface area (Å²) in [5.74, 6) is 0.488. The van der Waals surface area contributed by atoms with Gasteiger partial charge in [-0.15, -0.1) is 0 Å². The van der Waals surface area contributed by atoms with Crippen LogP contribution in [0.15, 0.2) is 12.1 Å². The topological polar surface area (TPSA) is 86.6 Å². The van der Waals surface area contributed by atoms with Crippen LogP contribution in [0.5, 0.6) is 5.75 Å². The summed E-state index contributed by atoms with van der Waals surface area (Å²) in [6.45, 7) is 0.552. The van der Waals surface area contributed by atoms with Gasteiger partial charge < -0.3 is 25.3 Å². The molecular weight excluding hydrogens is 244 g/mol. The van der Waals surface area contributed by atoms with E-state index in [1.165, 1.54) is 0 Å². The summed E-state index contributed by atoms with van der Waals surface area (Å²) in [4.78, 5) is 0. The van der Waals surface area contributed by atoms with Crippen LogP contribution in [0.25, 0.3) is 0 Å². The van der Waals surface area contributed by atoms with Gasteiger partial charge in [0.25, 0.3) is 0 Å². The Kier molecular flexibility index (Phi) is 3.91. The number of fused-ring (bicyclic) bond motifs is 1. The van der Waals surface area contributed by atoms with Crippen LogP contribution in [-0.4, -0.2) is 37.0 Å². The van der Waals surface area contributed by atoms with E-state index >= 15 is 0 Å². The lowest BCUT2D eigenvalue weighted by molar-refractivity contribution is -0.383. The minimum Gasteiger partial charge on any atom is -0.492 e. The highest BCUT2D eigenvalue weighted by atomic mass is 35.5. The third-order valence-corrected chi connectivity index (χ3v) is 3.00. The maximum Gasteiger partial charge on any atom is 0.496 e. The first-order chi connectivity index (χ1) is 8.19. The number of hydrogen-bond acceptors (Lipinski definition) is 4. The Labute approximate surface area is 104 Å². The zero-order valence-electron chi connectivity index (χ0n) is 9.23. The lowest BCUT2D eigenvalue weighted by atomic mass is 9.78. The van der Waals surface area contributed by atoms with Crippen molar-refractivity contribution >= 4 is 24.2 Å². The number of halogens is 1. The molecule has 0 saturated heterocycles. The van der Waals surface area contributed by atoms with Gasteiger partial charge in [-0.05, 0) is 12.1 Å². The molecule has 92 valence electrons. The monoisotopic (exact) mass is 258 g/mol. The van der Waals surface area contributed by atoms with Crippen molar-refractivity contribution < 1.29 is 25.3 Å². The second-order valence-corrected chi connectivity index (χ2v) is 4.12. The van der Waals surface area contributed by atoms with Gasteiger partial charge in [0.05, 0.1) is 6.61 Å². The Morgan fingerprint density at radius 1 is 1.53 bits per heavy atom. The number of aliphatic hydroxyl groups excluding tert-OH is 1. The quantitative estimate of drug-likeness (QED) is 0.587. The van der Waals surface area contributed by atoms with Crippen molar-refractivity contribution in [3.63, 3.8) is 0 Å². The van der Waals surface area contributed by atoms with E-state index in [-0.39, 0.29) is 19.3 Å². The van der Waals surface area contributed by atoms with Gasteiger partial charge in [0.2, 0.25) is 0 Å². The molecule has 0 saturated carbocycles. The van der Waals surface area contributed by atoms with Gasteiger partial charge in [-0.25, -0.2) is 0 Å². The normalized spacial score (nSPS) is 18.4. The van der Waals surface area contributed by atoms with E-state index in [4.69, 9.17) is 26.1 Å². The Hall–Kier alpha value is -0.785. The van der Waals surface area contributed by atoms with E-state index in [0.717, 1.165) is 5.56 Å². The molecule has 1 atom stereocenters. The standard InChI is InChI=1S/C10H13BClNO4/c12-6-1-2-7(16-4-3-14)10-9(6)8(5-13)17-11(10)15/h1-2,8,14-15H,3-5,13H2/p+1. The number of aliphatic hydroxyl groups is 1. The van der Waals surface area contributed by atoms with Crippen LogP contribution in [-0.2, 0) is 4.65 Å². The molecule has 7 heteroatoms. The minimum atomic E-state index is -1.05. The van der Waals surface area contributed by atoms with E-state index in [0.29, 0.717) is 22.8 Å². The molecule has 0 fully saturated rings. The summed E-state index contributed by atoms with van der Waals surface area (Å²) in [6, 6.07) is 3.35. The third-order valence-electron chi connectivity index (χ3n) is 2.67. The molecule has 1 aliphatic rings. The van der Waals surface area contributed by atoms with Gasteiger partial charge in [-0.3, -0.25) is 0 Å². The number of benzene rings is 1. The van der Waals surface area contributed by atoms with E-state index < -0.39 is 7.12 Å². The highest BCUT2D eigenvalue weighted by Gasteiger charge is 2.39. The van der Waals surface area contributed by atoms with Crippen LogP contribution in [0.3, 0.4) is 0 Å². The summed E-state index contributed by atoms with van der Waals surface area (Å²) in [7, 11) is -1.05. The van der Waals surface area contributed by atoms with Crippen molar-refractivity contribution in [3.8, 4) is 5.75 Å². The fourth-order valence-electron chi connectivity index (χ4n) is 1.96. The molecule has 1 heterocycles. The molecule has 0 bridgehead atoms. The highest BCUT2D eigenvalue weighted by Crippen LogP contribution is 2.32. The highest BCUT2D eigenvalue weighted by molar-refractivity contribution is 6.63. The minimum absolute atomic E-state index is 0.0902. The number of rotatable bonds is 4. The first-order valence-corrected chi connectivity index (χ1v) is 5.75. The lowest BCUT2D eigenvalue weighted by Gasteiger charge is -2.11. The van der Waals surface area contributed by atoms with E-state index in [9.17, 15) is 5.02 Å². The lowest BCUT2D eigenvalue weighted by Crippen LogP contribution is -2.53. The van der Waals surface area contributed by atoms with Crippen LogP contribution in [0.4, 0.5) is 0 Å². The molecule has 1 aromatic carbocycles. The predicted octanol–water partition coefficient (Wildman–Crippen LogP) is -1.29. The SMILES string of the molecule is [NH3+]CC1OB(O)c2c(OCCO)ccc(Cl)c21. The molecule has 0 aromatic heterocycles. The van der Waals surface area contributed by atoms with E-state index in [1.54, 1.807) is 12.1 Å². The summed E-state index contributed by atoms with van der Waals surface area (Å²) in [5, 5.41) is 19.1. The fourth-order valence-corrected chi connectivity index (χ4v) is 2.24. The third kappa shape index (κ3) is 2.27. The van der Waals surface area contributed by atoms with Crippen molar-refractivity contribution in [2.75, 3.05) is 19.8 Å². The molecule has 0 radical (unpaired) electrons. The second kappa shape index (κ2) is 5.24. The van der Waals surface area contributed by atoms with Crippen molar-refractivity contribution in [1.82, 2.24) is 0 Å². The average Bonchev–Trinajstić information content (AvgIpc) is 2.67. The molecule has 1 aliphatic heterocycles. The largest absolute Gasteiger partial charge is 0.496 e. The van der Waals surface area contributed by atoms with E-state index in [2.05, 4.69) is 5.73 Å². The molecule has 0 amide bonds. The van der Waals surface area contributed by atoms with Crippen LogP contribution in [0, 0.1) is 0 Å². The van der Waals surface area contributed by atoms with Gasteiger partial charge >= 0.3 is 7.12 Å². The van der Waals surface area contributed by atoms with E-state index in [1.807, 2.05) is 0 Å². The molecular formula is C10H14BClNO4+. The summed E-state index contributed by atoms with van der Waals surface area (Å²) >= 11 is 6.09.